The zero-order valence-corrected chi connectivity index (χ0v) is 13.5. The zero-order valence-electron chi connectivity index (χ0n) is 11.9. The van der Waals surface area contributed by atoms with Gasteiger partial charge in [-0.05, 0) is 31.7 Å². The van der Waals surface area contributed by atoms with Crippen LogP contribution in [0.25, 0.3) is 0 Å². The van der Waals surface area contributed by atoms with Gasteiger partial charge in [0.1, 0.15) is 4.90 Å². The van der Waals surface area contributed by atoms with Crippen LogP contribution >= 0.6 is 11.3 Å². The predicted octanol–water partition coefficient (Wildman–Crippen LogP) is 1.88. The van der Waals surface area contributed by atoms with Crippen molar-refractivity contribution in [2.24, 2.45) is 0 Å². The molecule has 0 saturated heterocycles. The summed E-state index contributed by atoms with van der Waals surface area (Å²) in [4.78, 5) is 9.17. The predicted molar refractivity (Wildman–Crippen MR) is 84.0 cm³/mol. The fourth-order valence-corrected chi connectivity index (χ4v) is 3.78. The number of hydrogen-bond acceptors (Lipinski definition) is 6. The summed E-state index contributed by atoms with van der Waals surface area (Å²) in [7, 11) is -3.59. The molecule has 1 unspecified atom stereocenters. The summed E-state index contributed by atoms with van der Waals surface area (Å²) < 4.78 is 27.1. The number of aromatic nitrogens is 2. The summed E-state index contributed by atoms with van der Waals surface area (Å²) in [5.41, 5.74) is 0. The van der Waals surface area contributed by atoms with E-state index in [0.29, 0.717) is 18.9 Å². The van der Waals surface area contributed by atoms with Crippen molar-refractivity contribution in [3.8, 4) is 0 Å². The molecule has 8 heteroatoms. The highest BCUT2D eigenvalue weighted by molar-refractivity contribution is 7.89. The molecule has 0 amide bonds. The van der Waals surface area contributed by atoms with Gasteiger partial charge in [-0.15, -0.1) is 11.3 Å². The van der Waals surface area contributed by atoms with Crippen LogP contribution < -0.4 is 10.0 Å². The smallest absolute Gasteiger partial charge is 0.243 e. The lowest BCUT2D eigenvalue weighted by atomic mass is 10.2. The minimum Gasteiger partial charge on any atom is -0.355 e. The lowest BCUT2D eigenvalue weighted by Crippen LogP contribution is -2.34. The maximum absolute atomic E-state index is 12.2. The Morgan fingerprint density at radius 1 is 1.33 bits per heavy atom. The molecule has 0 aliphatic carbocycles. The summed E-state index contributed by atoms with van der Waals surface area (Å²) in [6.07, 6.45) is 3.28. The van der Waals surface area contributed by atoms with Crippen LogP contribution in [0, 0.1) is 0 Å². The van der Waals surface area contributed by atoms with E-state index in [1.807, 2.05) is 31.4 Å². The maximum Gasteiger partial charge on any atom is 0.243 e. The zero-order chi connectivity index (χ0) is 15.3. The number of thiophene rings is 1. The van der Waals surface area contributed by atoms with E-state index in [0.717, 1.165) is 4.88 Å². The van der Waals surface area contributed by atoms with Crippen molar-refractivity contribution >= 4 is 27.3 Å². The topological polar surface area (TPSA) is 84.0 Å². The number of nitrogens with zero attached hydrogens (tertiary/aromatic N) is 2. The molecule has 0 spiro atoms. The number of nitrogens with one attached hydrogen (secondary N) is 2. The normalized spacial score (nSPS) is 13.0. The Balaban J connectivity index is 2.03. The van der Waals surface area contributed by atoms with Crippen LogP contribution in [-0.2, 0) is 16.4 Å². The standard InChI is InChI=1S/C13H18N4O2S2/c1-3-14-13-15-8-12(9-16-13)21(18,19)17-10(2)7-11-5-4-6-20-11/h4-6,8-10,17H,3,7H2,1-2H3,(H,14,15,16). The van der Waals surface area contributed by atoms with Crippen molar-refractivity contribution in [2.75, 3.05) is 11.9 Å². The van der Waals surface area contributed by atoms with Crippen LogP contribution in [0.1, 0.15) is 18.7 Å². The molecule has 0 aliphatic heterocycles. The van der Waals surface area contributed by atoms with Crippen molar-refractivity contribution in [3.63, 3.8) is 0 Å². The average Bonchev–Trinajstić information content (AvgIpc) is 2.92. The molecule has 0 bridgehead atoms. The van der Waals surface area contributed by atoms with Crippen LogP contribution in [0.2, 0.25) is 0 Å². The summed E-state index contributed by atoms with van der Waals surface area (Å²) in [6.45, 7) is 4.44. The molecule has 2 aromatic rings. The third kappa shape index (κ3) is 4.48. The minimum absolute atomic E-state index is 0.0715. The van der Waals surface area contributed by atoms with E-state index in [-0.39, 0.29) is 10.9 Å². The first-order valence-electron chi connectivity index (χ1n) is 6.62. The monoisotopic (exact) mass is 326 g/mol. The van der Waals surface area contributed by atoms with Crippen molar-refractivity contribution in [3.05, 3.63) is 34.8 Å². The lowest BCUT2D eigenvalue weighted by molar-refractivity contribution is 0.560. The van der Waals surface area contributed by atoms with Gasteiger partial charge in [-0.1, -0.05) is 6.07 Å². The summed E-state index contributed by atoms with van der Waals surface area (Å²) in [5, 5.41) is 4.90. The third-order valence-corrected chi connectivity index (χ3v) is 5.16. The summed E-state index contributed by atoms with van der Waals surface area (Å²) in [5.74, 6) is 0.420. The molecule has 6 nitrogen and oxygen atoms in total. The number of rotatable bonds is 7. The number of anilines is 1. The summed E-state index contributed by atoms with van der Waals surface area (Å²) in [6, 6.07) is 3.75. The fourth-order valence-electron chi connectivity index (χ4n) is 1.81. The molecule has 21 heavy (non-hydrogen) atoms. The van der Waals surface area contributed by atoms with Crippen LogP contribution in [0.15, 0.2) is 34.8 Å². The minimum atomic E-state index is -3.59. The molecule has 0 radical (unpaired) electrons. The van der Waals surface area contributed by atoms with E-state index in [4.69, 9.17) is 0 Å². The summed E-state index contributed by atoms with van der Waals surface area (Å²) >= 11 is 1.61. The molecule has 2 aromatic heterocycles. The van der Waals surface area contributed by atoms with E-state index in [1.165, 1.54) is 12.4 Å². The van der Waals surface area contributed by atoms with E-state index >= 15 is 0 Å². The first-order valence-corrected chi connectivity index (χ1v) is 8.98. The third-order valence-electron chi connectivity index (χ3n) is 2.72. The van der Waals surface area contributed by atoms with Gasteiger partial charge in [0.15, 0.2) is 0 Å². The fraction of sp³-hybridized carbons (Fsp3) is 0.385. The average molecular weight is 326 g/mol. The second-order valence-corrected chi connectivity index (χ2v) is 7.32. The molecule has 1 atom stereocenters. The Hall–Kier alpha value is -1.51. The number of hydrogen-bond donors (Lipinski definition) is 2. The van der Waals surface area contributed by atoms with Gasteiger partial charge in [0.2, 0.25) is 16.0 Å². The van der Waals surface area contributed by atoms with E-state index in [2.05, 4.69) is 20.0 Å². The second kappa shape index (κ2) is 6.97. The van der Waals surface area contributed by atoms with Gasteiger partial charge < -0.3 is 5.32 Å². The molecule has 2 heterocycles. The highest BCUT2D eigenvalue weighted by Crippen LogP contribution is 2.13. The molecule has 0 aromatic carbocycles. The highest BCUT2D eigenvalue weighted by Gasteiger charge is 2.18. The van der Waals surface area contributed by atoms with Crippen molar-refractivity contribution in [2.45, 2.75) is 31.2 Å². The first-order chi connectivity index (χ1) is 10.0. The molecule has 0 aliphatic rings. The second-order valence-electron chi connectivity index (χ2n) is 4.58. The van der Waals surface area contributed by atoms with Crippen LogP contribution in [0.5, 0.6) is 0 Å². The molecular weight excluding hydrogens is 308 g/mol. The van der Waals surface area contributed by atoms with Crippen LogP contribution in [-0.4, -0.2) is 31.0 Å². The molecule has 2 N–H and O–H groups in total. The van der Waals surface area contributed by atoms with Crippen LogP contribution in [0.4, 0.5) is 5.95 Å². The largest absolute Gasteiger partial charge is 0.355 e. The van der Waals surface area contributed by atoms with Gasteiger partial charge in [0.05, 0.1) is 12.4 Å². The van der Waals surface area contributed by atoms with Crippen molar-refractivity contribution < 1.29 is 8.42 Å². The quantitative estimate of drug-likeness (QED) is 0.811. The Bertz CT molecular complexity index is 654. The maximum atomic E-state index is 12.2. The van der Waals surface area contributed by atoms with E-state index in [9.17, 15) is 8.42 Å². The Morgan fingerprint density at radius 2 is 2.05 bits per heavy atom. The Labute approximate surface area is 128 Å². The highest BCUT2D eigenvalue weighted by atomic mass is 32.2. The molecule has 2 rings (SSSR count). The molecule has 0 fully saturated rings. The van der Waals surface area contributed by atoms with Crippen molar-refractivity contribution in [1.82, 2.24) is 14.7 Å². The SMILES string of the molecule is CCNc1ncc(S(=O)(=O)NC(C)Cc2cccs2)cn1. The van der Waals surface area contributed by atoms with Gasteiger partial charge in [-0.2, -0.15) is 0 Å². The van der Waals surface area contributed by atoms with Gasteiger partial charge in [0.25, 0.3) is 0 Å². The number of sulfonamides is 1. The Morgan fingerprint density at radius 3 is 2.62 bits per heavy atom. The molecule has 114 valence electrons. The van der Waals surface area contributed by atoms with Crippen molar-refractivity contribution in [1.29, 1.82) is 0 Å². The van der Waals surface area contributed by atoms with E-state index in [1.54, 1.807) is 11.3 Å². The van der Waals surface area contributed by atoms with E-state index < -0.39 is 10.0 Å². The van der Waals surface area contributed by atoms with Crippen LogP contribution in [0.3, 0.4) is 0 Å². The van der Waals surface area contributed by atoms with Gasteiger partial charge in [-0.25, -0.2) is 23.1 Å². The Kier molecular flexibility index (Phi) is 5.27. The molecular formula is C13H18N4O2S2. The van der Waals surface area contributed by atoms with Gasteiger partial charge in [0, 0.05) is 17.5 Å². The first kappa shape index (κ1) is 15.9. The van der Waals surface area contributed by atoms with Gasteiger partial charge >= 0.3 is 0 Å². The molecule has 0 saturated carbocycles. The lowest BCUT2D eigenvalue weighted by Gasteiger charge is -2.13. The van der Waals surface area contributed by atoms with Gasteiger partial charge in [-0.3, -0.25) is 0 Å².